The van der Waals surface area contributed by atoms with Gasteiger partial charge in [-0.15, -0.1) is 20.4 Å². The summed E-state index contributed by atoms with van der Waals surface area (Å²) in [7, 11) is 0. The molecule has 0 saturated carbocycles. The molecule has 0 aliphatic carbocycles. The van der Waals surface area contributed by atoms with Gasteiger partial charge in [-0.25, -0.2) is 4.68 Å². The van der Waals surface area contributed by atoms with E-state index in [1.54, 1.807) is 9.20 Å². The largest absolute Gasteiger partial charge is 0.382 e. The van der Waals surface area contributed by atoms with Gasteiger partial charge in [-0.2, -0.15) is 4.52 Å². The third kappa shape index (κ3) is 2.82. The van der Waals surface area contributed by atoms with E-state index in [-0.39, 0.29) is 6.04 Å². The summed E-state index contributed by atoms with van der Waals surface area (Å²) in [6, 6.07) is 4.06. The minimum Gasteiger partial charge on any atom is -0.382 e. The molecule has 1 atom stereocenters. The van der Waals surface area contributed by atoms with Crippen molar-refractivity contribution >= 4 is 11.5 Å². The lowest BCUT2D eigenvalue weighted by molar-refractivity contribution is 0.0174. The second-order valence-corrected chi connectivity index (χ2v) is 7.17. The van der Waals surface area contributed by atoms with E-state index in [0.29, 0.717) is 18.7 Å². The lowest BCUT2D eigenvalue weighted by Gasteiger charge is -2.38. The highest BCUT2D eigenvalue weighted by molar-refractivity contribution is 5.46. The van der Waals surface area contributed by atoms with E-state index in [9.17, 15) is 5.11 Å². The molecule has 0 aromatic carbocycles. The van der Waals surface area contributed by atoms with Crippen LogP contribution in [0.15, 0.2) is 18.3 Å². The quantitative estimate of drug-likeness (QED) is 0.753. The molecule has 1 N–H and O–H groups in total. The van der Waals surface area contributed by atoms with Crippen molar-refractivity contribution in [3.05, 3.63) is 29.8 Å². The number of hydrogen-bond donors (Lipinski definition) is 1. The van der Waals surface area contributed by atoms with Gasteiger partial charge < -0.3 is 10.0 Å². The molecule has 3 aromatic heterocycles. The Hall–Kier alpha value is -2.55. The van der Waals surface area contributed by atoms with Gasteiger partial charge in [-0.05, 0) is 38.8 Å². The minimum atomic E-state index is -1.02. The van der Waals surface area contributed by atoms with Crippen molar-refractivity contribution in [1.29, 1.82) is 0 Å². The van der Waals surface area contributed by atoms with Gasteiger partial charge in [0.1, 0.15) is 17.1 Å². The van der Waals surface area contributed by atoms with Crippen LogP contribution in [-0.4, -0.2) is 53.0 Å². The number of rotatable bonds is 4. The predicted octanol–water partition coefficient (Wildman–Crippen LogP) is 1.35. The van der Waals surface area contributed by atoms with Crippen LogP contribution in [0.2, 0.25) is 0 Å². The molecule has 0 bridgehead atoms. The molecular weight excluding hydrogens is 332 g/mol. The molecule has 1 saturated heterocycles. The standard InChI is InChI=1S/C17H24N8O/c1-4-14-19-20-15-6-7-16(21-25(14)15)23-9-5-8-17(26,11-23)13-10-24(12(2)3)22-18-13/h6-7,10,12,26H,4-5,8-9,11H2,1-3H3/t17-/m1/s1. The Balaban J connectivity index is 1.63. The number of aromatic nitrogens is 7. The Morgan fingerprint density at radius 3 is 2.81 bits per heavy atom. The summed E-state index contributed by atoms with van der Waals surface area (Å²) >= 11 is 0. The van der Waals surface area contributed by atoms with E-state index in [1.807, 2.05) is 39.1 Å². The number of anilines is 1. The van der Waals surface area contributed by atoms with Crippen molar-refractivity contribution in [1.82, 2.24) is 34.8 Å². The number of aliphatic hydroxyl groups is 1. The molecule has 3 aromatic rings. The molecule has 9 heteroatoms. The highest BCUT2D eigenvalue weighted by Crippen LogP contribution is 2.32. The number of hydrogen-bond acceptors (Lipinski definition) is 7. The average Bonchev–Trinajstić information content (AvgIpc) is 3.28. The molecule has 4 heterocycles. The SMILES string of the molecule is CCc1nnc2ccc(N3CCC[C@](O)(c4cn(C(C)C)nn4)C3)nn12. The molecule has 0 unspecified atom stereocenters. The second kappa shape index (κ2) is 6.31. The topological polar surface area (TPSA) is 97.3 Å². The molecule has 26 heavy (non-hydrogen) atoms. The maximum atomic E-state index is 11.2. The van der Waals surface area contributed by atoms with Gasteiger partial charge in [0.25, 0.3) is 0 Å². The van der Waals surface area contributed by atoms with Gasteiger partial charge in [0.2, 0.25) is 0 Å². The van der Waals surface area contributed by atoms with Crippen LogP contribution in [0.3, 0.4) is 0 Å². The fourth-order valence-corrected chi connectivity index (χ4v) is 3.40. The first-order chi connectivity index (χ1) is 12.5. The molecule has 9 nitrogen and oxygen atoms in total. The zero-order chi connectivity index (χ0) is 18.3. The zero-order valence-electron chi connectivity index (χ0n) is 15.4. The lowest BCUT2D eigenvalue weighted by Crippen LogP contribution is -2.47. The van der Waals surface area contributed by atoms with Crippen LogP contribution >= 0.6 is 0 Å². The van der Waals surface area contributed by atoms with Crippen molar-refractivity contribution in [2.24, 2.45) is 0 Å². The van der Waals surface area contributed by atoms with Crippen LogP contribution in [0.1, 0.15) is 51.2 Å². The van der Waals surface area contributed by atoms with E-state index in [1.165, 1.54) is 0 Å². The van der Waals surface area contributed by atoms with Gasteiger partial charge in [-0.3, -0.25) is 0 Å². The fourth-order valence-electron chi connectivity index (χ4n) is 3.40. The van der Waals surface area contributed by atoms with Crippen molar-refractivity contribution in [3.63, 3.8) is 0 Å². The number of aryl methyl sites for hydroxylation is 1. The van der Waals surface area contributed by atoms with Crippen molar-refractivity contribution in [2.45, 2.75) is 51.7 Å². The molecule has 1 aliphatic rings. The first kappa shape index (κ1) is 16.9. The maximum Gasteiger partial charge on any atom is 0.178 e. The van der Waals surface area contributed by atoms with Crippen LogP contribution in [0, 0.1) is 0 Å². The highest BCUT2D eigenvalue weighted by atomic mass is 16.3. The fraction of sp³-hybridized carbons (Fsp3) is 0.588. The maximum absolute atomic E-state index is 11.2. The smallest absolute Gasteiger partial charge is 0.178 e. The normalized spacial score (nSPS) is 21.0. The summed E-state index contributed by atoms with van der Waals surface area (Å²) in [6.07, 6.45) is 4.13. The van der Waals surface area contributed by atoms with Crippen LogP contribution in [0.5, 0.6) is 0 Å². The Morgan fingerprint density at radius 1 is 1.23 bits per heavy atom. The monoisotopic (exact) mass is 356 g/mol. The second-order valence-electron chi connectivity index (χ2n) is 7.17. The summed E-state index contributed by atoms with van der Waals surface area (Å²) in [6.45, 7) is 7.38. The van der Waals surface area contributed by atoms with Gasteiger partial charge in [0, 0.05) is 19.0 Å². The van der Waals surface area contributed by atoms with E-state index >= 15 is 0 Å². The van der Waals surface area contributed by atoms with Crippen LogP contribution < -0.4 is 4.90 Å². The molecule has 138 valence electrons. The summed E-state index contributed by atoms with van der Waals surface area (Å²) in [5, 5.41) is 32.6. The van der Waals surface area contributed by atoms with Gasteiger partial charge in [-0.1, -0.05) is 12.1 Å². The van der Waals surface area contributed by atoms with Crippen molar-refractivity contribution in [2.75, 3.05) is 18.0 Å². The van der Waals surface area contributed by atoms with Crippen LogP contribution in [-0.2, 0) is 12.0 Å². The molecular formula is C17H24N8O. The Bertz CT molecular complexity index is 917. The molecule has 0 radical (unpaired) electrons. The Morgan fingerprint density at radius 2 is 2.08 bits per heavy atom. The third-order valence-corrected chi connectivity index (χ3v) is 4.94. The highest BCUT2D eigenvalue weighted by Gasteiger charge is 2.38. The first-order valence-electron chi connectivity index (χ1n) is 9.11. The molecule has 0 spiro atoms. The van der Waals surface area contributed by atoms with Gasteiger partial charge >= 0.3 is 0 Å². The van der Waals surface area contributed by atoms with E-state index in [2.05, 4.69) is 30.5 Å². The molecule has 0 amide bonds. The number of fused-ring (bicyclic) bond motifs is 1. The van der Waals surface area contributed by atoms with Crippen LogP contribution in [0.4, 0.5) is 5.82 Å². The number of β-amino-alcohol motifs (C(OH)–C–C–N with tert-alkyl or cyclic N) is 1. The summed E-state index contributed by atoms with van der Waals surface area (Å²) < 4.78 is 3.55. The van der Waals surface area contributed by atoms with Crippen molar-refractivity contribution in [3.8, 4) is 0 Å². The molecule has 4 rings (SSSR count). The molecule has 1 fully saturated rings. The molecule has 1 aliphatic heterocycles. The first-order valence-corrected chi connectivity index (χ1v) is 9.11. The van der Waals surface area contributed by atoms with E-state index < -0.39 is 5.60 Å². The van der Waals surface area contributed by atoms with Crippen molar-refractivity contribution < 1.29 is 5.11 Å². The summed E-state index contributed by atoms with van der Waals surface area (Å²) in [4.78, 5) is 2.09. The number of piperidine rings is 1. The Labute approximate surface area is 151 Å². The minimum absolute atomic E-state index is 0.213. The third-order valence-electron chi connectivity index (χ3n) is 4.94. The lowest BCUT2D eigenvalue weighted by atomic mass is 9.90. The average molecular weight is 356 g/mol. The van der Waals surface area contributed by atoms with E-state index in [4.69, 9.17) is 0 Å². The summed E-state index contributed by atoms with van der Waals surface area (Å²) in [5.41, 5.74) is 0.330. The summed E-state index contributed by atoms with van der Waals surface area (Å²) in [5.74, 6) is 1.63. The van der Waals surface area contributed by atoms with Crippen LogP contribution in [0.25, 0.3) is 5.65 Å². The predicted molar refractivity (Wildman–Crippen MR) is 95.9 cm³/mol. The number of nitrogens with zero attached hydrogens (tertiary/aromatic N) is 8. The van der Waals surface area contributed by atoms with Gasteiger partial charge in [0.15, 0.2) is 11.5 Å². The van der Waals surface area contributed by atoms with E-state index in [0.717, 1.165) is 36.7 Å². The zero-order valence-corrected chi connectivity index (χ0v) is 15.4. The Kier molecular flexibility index (Phi) is 4.10. The van der Waals surface area contributed by atoms with Gasteiger partial charge in [0.05, 0.1) is 12.7 Å².